The van der Waals surface area contributed by atoms with Crippen molar-refractivity contribution in [3.8, 4) is 28.7 Å². The molecule has 4 aliphatic heterocycles. The van der Waals surface area contributed by atoms with Crippen molar-refractivity contribution >= 4 is 11.9 Å². The molecule has 4 heterocycles. The van der Waals surface area contributed by atoms with Gasteiger partial charge in [-0.15, -0.1) is 0 Å². The normalized spacial score (nSPS) is 33.0. The van der Waals surface area contributed by atoms with E-state index in [4.69, 9.17) is 44.0 Å². The fraction of sp³-hybridized carbons (Fsp3) is 0.448. The van der Waals surface area contributed by atoms with Crippen molar-refractivity contribution in [3.05, 3.63) is 53.7 Å². The van der Waals surface area contributed by atoms with Gasteiger partial charge in [-0.2, -0.15) is 0 Å². The third-order valence-corrected chi connectivity index (χ3v) is 8.19. The maximum absolute atomic E-state index is 12.2. The number of carboxylic acids is 1. The second kappa shape index (κ2) is 11.3. The molecule has 15 nitrogen and oxygen atoms in total. The summed E-state index contributed by atoms with van der Waals surface area (Å²) in [5.41, 5.74) is 5.73. The molecule has 2 aromatic rings. The summed E-state index contributed by atoms with van der Waals surface area (Å²) in [6.45, 7) is 0.291. The Morgan fingerprint density at radius 3 is 2.59 bits per heavy atom. The highest BCUT2D eigenvalue weighted by Crippen LogP contribution is 2.56. The van der Waals surface area contributed by atoms with Gasteiger partial charge in [0.15, 0.2) is 23.2 Å². The van der Waals surface area contributed by atoms with Gasteiger partial charge in [0.2, 0.25) is 12.0 Å². The number of benzene rings is 2. The lowest BCUT2D eigenvalue weighted by Gasteiger charge is -2.52. The van der Waals surface area contributed by atoms with E-state index in [0.29, 0.717) is 29.6 Å². The Hall–Kier alpha value is -4.28. The Bertz CT molecular complexity index is 1480. The highest BCUT2D eigenvalue weighted by molar-refractivity contribution is 5.90. The molecule has 0 aliphatic carbocycles. The molecule has 4 aliphatic rings. The molecule has 0 aromatic heterocycles. The lowest BCUT2D eigenvalue weighted by Crippen LogP contribution is -2.74. The fourth-order valence-electron chi connectivity index (χ4n) is 6.07. The number of fused-ring (bicyclic) bond motifs is 5. The largest absolute Gasteiger partial charge is 0.493 e. The van der Waals surface area contributed by atoms with Gasteiger partial charge in [0.05, 0.1) is 26.7 Å². The molecule has 6 rings (SSSR count). The summed E-state index contributed by atoms with van der Waals surface area (Å²) in [4.78, 5) is 23.3. The number of methoxy groups -OCH3 is 2. The molecule has 236 valence electrons. The number of esters is 1. The Balaban J connectivity index is 1.25. The number of hydrogen-bond donors (Lipinski definition) is 6. The van der Waals surface area contributed by atoms with E-state index >= 15 is 0 Å². The van der Waals surface area contributed by atoms with Crippen molar-refractivity contribution in [2.45, 2.75) is 60.9 Å². The Morgan fingerprint density at radius 1 is 1.09 bits per heavy atom. The van der Waals surface area contributed by atoms with Gasteiger partial charge in [-0.25, -0.2) is 0 Å². The first-order chi connectivity index (χ1) is 21.1. The minimum atomic E-state index is -2.01. The number of ether oxygens (including phenoxy) is 7. The average molecular weight is 617 g/mol. The highest BCUT2D eigenvalue weighted by Gasteiger charge is 2.61. The number of rotatable bonds is 7. The summed E-state index contributed by atoms with van der Waals surface area (Å²) in [6, 6.07) is 8.64. The number of aliphatic carboxylic acids is 1. The third-order valence-electron chi connectivity index (χ3n) is 8.19. The molecule has 0 saturated carbocycles. The zero-order valence-electron chi connectivity index (χ0n) is 23.6. The molecule has 44 heavy (non-hydrogen) atoms. The number of nitrogens with one attached hydrogen (secondary N) is 1. The van der Waals surface area contributed by atoms with Crippen LogP contribution in [0, 0.1) is 0 Å². The lowest BCUT2D eigenvalue weighted by molar-refractivity contribution is -0.321. The van der Waals surface area contributed by atoms with Gasteiger partial charge < -0.3 is 64.6 Å². The van der Waals surface area contributed by atoms with Crippen LogP contribution in [0.5, 0.6) is 28.7 Å². The summed E-state index contributed by atoms with van der Waals surface area (Å²) >= 11 is 0. The van der Waals surface area contributed by atoms with E-state index in [1.165, 1.54) is 19.4 Å². The molecular weight excluding hydrogens is 584 g/mol. The number of aliphatic hydroxyl groups excluding tert-OH is 3. The Morgan fingerprint density at radius 2 is 1.86 bits per heavy atom. The molecule has 9 atom stereocenters. The number of carboxylic acid groups (broad SMARTS) is 1. The zero-order valence-corrected chi connectivity index (χ0v) is 23.6. The van der Waals surface area contributed by atoms with E-state index in [1.807, 2.05) is 12.1 Å². The predicted octanol–water partition coefficient (Wildman–Crippen LogP) is -0.342. The summed E-state index contributed by atoms with van der Waals surface area (Å²) in [6.07, 6.45) is -8.48. The van der Waals surface area contributed by atoms with Crippen LogP contribution in [-0.2, 0) is 19.1 Å². The first kappa shape index (κ1) is 29.8. The lowest BCUT2D eigenvalue weighted by atomic mass is 9.79. The Kier molecular flexibility index (Phi) is 7.67. The monoisotopic (exact) mass is 616 g/mol. The molecule has 0 bridgehead atoms. The smallest absolute Gasteiger partial charge is 0.317 e. The quantitative estimate of drug-likeness (QED) is 0.173. The number of carbonyl (C=O) groups excluding carboxylic acids is 1. The summed E-state index contributed by atoms with van der Waals surface area (Å²) in [7, 11) is 3.08. The molecule has 9 unspecified atom stereocenters. The minimum absolute atomic E-state index is 0.110. The zero-order chi connectivity index (χ0) is 31.3. The first-order valence-corrected chi connectivity index (χ1v) is 13.8. The molecule has 1 spiro atoms. The maximum atomic E-state index is 12.2. The molecule has 0 radical (unpaired) electrons. The van der Waals surface area contributed by atoms with E-state index in [9.17, 15) is 24.9 Å². The van der Waals surface area contributed by atoms with Gasteiger partial charge in [0.25, 0.3) is 0 Å². The van der Waals surface area contributed by atoms with Gasteiger partial charge in [0.1, 0.15) is 48.5 Å². The van der Waals surface area contributed by atoms with Crippen LogP contribution in [0.15, 0.2) is 42.6 Å². The second-order valence-corrected chi connectivity index (χ2v) is 10.8. The van der Waals surface area contributed by atoms with Crippen LogP contribution in [0.4, 0.5) is 0 Å². The van der Waals surface area contributed by atoms with Gasteiger partial charge in [0, 0.05) is 17.2 Å². The van der Waals surface area contributed by atoms with Gasteiger partial charge in [-0.1, -0.05) is 6.07 Å². The van der Waals surface area contributed by atoms with E-state index in [2.05, 4.69) is 5.32 Å². The van der Waals surface area contributed by atoms with Crippen LogP contribution in [0.1, 0.15) is 29.6 Å². The maximum Gasteiger partial charge on any atom is 0.317 e. The third kappa shape index (κ3) is 4.82. The standard InChI is InChI=1S/C29H32N2O13/c1-38-16-6-5-13-15-11-40-17-9-12(3-4-14(17)22(15)43-23(13)24(16)39-2)41-28-21(36)20(35)25(37)29(44-28)7-8-31-27(30)26(29)42-19(34)10-18(32)33/h3-9,15,20-22,25-28,31,35-37H,10-11,30H2,1-2H3,(H,32,33). The minimum Gasteiger partial charge on any atom is -0.493 e. The molecule has 0 amide bonds. The van der Waals surface area contributed by atoms with Crippen molar-refractivity contribution in [3.63, 3.8) is 0 Å². The van der Waals surface area contributed by atoms with Crippen molar-refractivity contribution in [2.75, 3.05) is 20.8 Å². The van der Waals surface area contributed by atoms with E-state index in [0.717, 1.165) is 11.1 Å². The Labute approximate surface area is 250 Å². The van der Waals surface area contributed by atoms with Crippen molar-refractivity contribution in [1.82, 2.24) is 5.32 Å². The van der Waals surface area contributed by atoms with Crippen LogP contribution < -0.4 is 34.7 Å². The highest BCUT2D eigenvalue weighted by atomic mass is 16.7. The van der Waals surface area contributed by atoms with Crippen LogP contribution in [0.3, 0.4) is 0 Å². The van der Waals surface area contributed by atoms with Gasteiger partial charge in [-0.3, -0.25) is 9.59 Å². The number of carbonyl (C=O) groups is 2. The van der Waals surface area contributed by atoms with E-state index in [-0.39, 0.29) is 17.8 Å². The van der Waals surface area contributed by atoms with Crippen molar-refractivity contribution < 1.29 is 63.2 Å². The number of hydrogen-bond acceptors (Lipinski definition) is 14. The van der Waals surface area contributed by atoms with Gasteiger partial charge >= 0.3 is 11.9 Å². The molecule has 1 fully saturated rings. The number of nitrogens with two attached hydrogens (primary N) is 1. The van der Waals surface area contributed by atoms with Crippen LogP contribution in [-0.4, -0.2) is 95.7 Å². The SMILES string of the molecule is COc1ccc2c(c1OC)OC1c3ccc(OC4OC5(C=CNC(N)C5OC(=O)CC(=O)O)C(O)C(O)C4O)cc3OCC21. The molecule has 15 heteroatoms. The number of aliphatic hydroxyl groups is 3. The van der Waals surface area contributed by atoms with Crippen molar-refractivity contribution in [2.24, 2.45) is 5.73 Å². The van der Waals surface area contributed by atoms with Crippen molar-refractivity contribution in [1.29, 1.82) is 0 Å². The van der Waals surface area contributed by atoms with E-state index in [1.54, 1.807) is 25.3 Å². The summed E-state index contributed by atoms with van der Waals surface area (Å²) in [5.74, 6) is -0.477. The molecular formula is C29H32N2O13. The van der Waals surface area contributed by atoms with Crippen LogP contribution >= 0.6 is 0 Å². The summed E-state index contributed by atoms with van der Waals surface area (Å²) in [5, 5.41) is 44.3. The molecule has 7 N–H and O–H groups in total. The first-order valence-electron chi connectivity index (χ1n) is 13.8. The van der Waals surface area contributed by atoms with Crippen LogP contribution in [0.25, 0.3) is 0 Å². The van der Waals surface area contributed by atoms with Crippen LogP contribution in [0.2, 0.25) is 0 Å². The van der Waals surface area contributed by atoms with Gasteiger partial charge in [-0.05, 0) is 30.5 Å². The predicted molar refractivity (Wildman–Crippen MR) is 146 cm³/mol. The fourth-order valence-corrected chi connectivity index (χ4v) is 6.07. The van der Waals surface area contributed by atoms with E-state index < -0.39 is 60.8 Å². The second-order valence-electron chi connectivity index (χ2n) is 10.8. The average Bonchev–Trinajstić information content (AvgIpc) is 3.38. The topological polar surface area (TPSA) is 218 Å². The molecule has 2 aromatic carbocycles. The summed E-state index contributed by atoms with van der Waals surface area (Å²) < 4.78 is 40.6. The molecule has 1 saturated heterocycles.